The molecule has 82 valence electrons. The number of pyridine rings is 1. The predicted octanol–water partition coefficient (Wildman–Crippen LogP) is 2.71. The van der Waals surface area contributed by atoms with Crippen LogP contribution in [0.1, 0.15) is 10.4 Å². The van der Waals surface area contributed by atoms with Crippen LogP contribution < -0.4 is 4.90 Å². The first-order valence-electron chi connectivity index (χ1n) is 4.62. The second-order valence-electron chi connectivity index (χ2n) is 3.16. The molecule has 0 aliphatic carbocycles. The molecule has 2 aromatic rings. The number of anilines is 1. The van der Waals surface area contributed by atoms with Gasteiger partial charge in [-0.3, -0.25) is 9.69 Å². The van der Waals surface area contributed by atoms with E-state index in [1.165, 1.54) is 11.2 Å². The highest BCUT2D eigenvalue weighted by Gasteiger charge is 2.18. The van der Waals surface area contributed by atoms with E-state index in [4.69, 9.17) is 4.42 Å². The minimum Gasteiger partial charge on any atom is -0.457 e. The van der Waals surface area contributed by atoms with Crippen LogP contribution in [0.3, 0.4) is 0 Å². The Kier molecular flexibility index (Phi) is 3.05. The molecule has 0 unspecified atom stereocenters. The van der Waals surface area contributed by atoms with E-state index in [0.717, 1.165) is 0 Å². The summed E-state index contributed by atoms with van der Waals surface area (Å²) in [6.07, 6.45) is 3.10. The molecular formula is C11H9BrN2O2. The van der Waals surface area contributed by atoms with E-state index in [0.29, 0.717) is 16.1 Å². The zero-order valence-electron chi connectivity index (χ0n) is 8.55. The van der Waals surface area contributed by atoms with E-state index in [1.54, 1.807) is 31.4 Å². The summed E-state index contributed by atoms with van der Waals surface area (Å²) in [4.78, 5) is 17.6. The number of halogens is 1. The quantitative estimate of drug-likeness (QED) is 0.850. The number of furan rings is 1. The fraction of sp³-hybridized carbons (Fsp3) is 0.0909. The number of rotatable bonds is 2. The first kappa shape index (κ1) is 10.9. The maximum atomic E-state index is 12.0. The maximum absolute atomic E-state index is 12.0. The molecule has 16 heavy (non-hydrogen) atoms. The summed E-state index contributed by atoms with van der Waals surface area (Å²) in [7, 11) is 1.67. The van der Waals surface area contributed by atoms with Crippen molar-refractivity contribution in [2.75, 3.05) is 11.9 Å². The van der Waals surface area contributed by atoms with Gasteiger partial charge in [0.15, 0.2) is 4.67 Å². The average Bonchev–Trinajstić information content (AvgIpc) is 2.75. The van der Waals surface area contributed by atoms with Crippen molar-refractivity contribution >= 4 is 27.7 Å². The van der Waals surface area contributed by atoms with Crippen LogP contribution in [0.4, 0.5) is 5.82 Å². The number of hydrogen-bond acceptors (Lipinski definition) is 3. The van der Waals surface area contributed by atoms with Crippen LogP contribution in [0.15, 0.2) is 45.8 Å². The first-order chi connectivity index (χ1) is 7.70. The molecule has 0 saturated heterocycles. The van der Waals surface area contributed by atoms with E-state index in [9.17, 15) is 4.79 Å². The van der Waals surface area contributed by atoms with Crippen molar-refractivity contribution in [2.24, 2.45) is 0 Å². The van der Waals surface area contributed by atoms with Crippen molar-refractivity contribution in [2.45, 2.75) is 0 Å². The maximum Gasteiger partial charge on any atom is 0.263 e. The molecule has 1 amide bonds. The van der Waals surface area contributed by atoms with Gasteiger partial charge in [-0.25, -0.2) is 4.98 Å². The van der Waals surface area contributed by atoms with Crippen LogP contribution in [0.2, 0.25) is 0 Å². The van der Waals surface area contributed by atoms with Crippen molar-refractivity contribution in [1.82, 2.24) is 4.98 Å². The molecule has 5 heteroatoms. The van der Waals surface area contributed by atoms with Crippen molar-refractivity contribution in [3.8, 4) is 0 Å². The van der Waals surface area contributed by atoms with Crippen LogP contribution in [-0.2, 0) is 0 Å². The highest BCUT2D eigenvalue weighted by molar-refractivity contribution is 9.10. The molecule has 4 nitrogen and oxygen atoms in total. The molecule has 0 aliphatic rings. The monoisotopic (exact) mass is 280 g/mol. The standard InChI is InChI=1S/C11H9BrN2O2/c1-14(9-4-2-3-6-13-9)11(15)8-5-7-16-10(8)12/h2-7H,1H3. The predicted molar refractivity (Wildman–Crippen MR) is 63.4 cm³/mol. The van der Waals surface area contributed by atoms with Gasteiger partial charge in [0.25, 0.3) is 5.91 Å². The molecule has 0 aliphatic heterocycles. The van der Waals surface area contributed by atoms with Gasteiger partial charge in [0.1, 0.15) is 5.82 Å². The molecule has 0 spiro atoms. The Bertz CT molecular complexity index is 496. The smallest absolute Gasteiger partial charge is 0.263 e. The second-order valence-corrected chi connectivity index (χ2v) is 3.88. The molecule has 0 radical (unpaired) electrons. The number of nitrogens with zero attached hydrogens (tertiary/aromatic N) is 2. The third-order valence-electron chi connectivity index (χ3n) is 2.15. The molecule has 0 fully saturated rings. The van der Waals surface area contributed by atoms with E-state index >= 15 is 0 Å². The van der Waals surface area contributed by atoms with E-state index in [1.807, 2.05) is 6.07 Å². The SMILES string of the molecule is CN(C(=O)c1ccoc1Br)c1ccccn1. The van der Waals surface area contributed by atoms with Gasteiger partial charge in [-0.1, -0.05) is 6.07 Å². The Hall–Kier alpha value is -1.62. The summed E-state index contributed by atoms with van der Waals surface area (Å²) in [6, 6.07) is 7.02. The first-order valence-corrected chi connectivity index (χ1v) is 5.41. The summed E-state index contributed by atoms with van der Waals surface area (Å²) in [5.74, 6) is 0.430. The lowest BCUT2D eigenvalue weighted by Crippen LogP contribution is -2.26. The van der Waals surface area contributed by atoms with Crippen LogP contribution in [-0.4, -0.2) is 17.9 Å². The third-order valence-corrected chi connectivity index (χ3v) is 2.76. The van der Waals surface area contributed by atoms with Crippen LogP contribution in [0.5, 0.6) is 0 Å². The van der Waals surface area contributed by atoms with Crippen LogP contribution in [0, 0.1) is 0 Å². The summed E-state index contributed by atoms with van der Waals surface area (Å²) in [5, 5.41) is 0. The number of aromatic nitrogens is 1. The highest BCUT2D eigenvalue weighted by atomic mass is 79.9. The lowest BCUT2D eigenvalue weighted by Gasteiger charge is -2.14. The molecule has 2 heterocycles. The summed E-state index contributed by atoms with van der Waals surface area (Å²) >= 11 is 3.17. The van der Waals surface area contributed by atoms with Gasteiger partial charge in [-0.05, 0) is 34.1 Å². The molecular weight excluding hydrogens is 272 g/mol. The minimum absolute atomic E-state index is 0.167. The Labute approximate surface area is 101 Å². The summed E-state index contributed by atoms with van der Waals surface area (Å²) in [5.41, 5.74) is 0.480. The van der Waals surface area contributed by atoms with Crippen molar-refractivity contribution in [3.05, 3.63) is 47.0 Å². The largest absolute Gasteiger partial charge is 0.457 e. The molecule has 0 atom stereocenters. The normalized spacial score (nSPS) is 10.1. The number of amides is 1. The molecule has 2 aromatic heterocycles. The Morgan fingerprint density at radius 3 is 2.81 bits per heavy atom. The number of hydrogen-bond donors (Lipinski definition) is 0. The lowest BCUT2D eigenvalue weighted by atomic mass is 10.3. The average molecular weight is 281 g/mol. The molecule has 0 N–H and O–H groups in total. The van der Waals surface area contributed by atoms with Gasteiger partial charge in [0.2, 0.25) is 0 Å². The fourth-order valence-corrected chi connectivity index (χ4v) is 1.69. The Morgan fingerprint density at radius 1 is 1.44 bits per heavy atom. The van der Waals surface area contributed by atoms with Crippen molar-refractivity contribution in [1.29, 1.82) is 0 Å². The van der Waals surface area contributed by atoms with Crippen LogP contribution >= 0.6 is 15.9 Å². The third kappa shape index (κ3) is 1.99. The lowest BCUT2D eigenvalue weighted by molar-refractivity contribution is 0.0990. The molecule has 0 aromatic carbocycles. The Morgan fingerprint density at radius 2 is 2.25 bits per heavy atom. The van der Waals surface area contributed by atoms with E-state index in [2.05, 4.69) is 20.9 Å². The van der Waals surface area contributed by atoms with Crippen LogP contribution in [0.25, 0.3) is 0 Å². The molecule has 0 bridgehead atoms. The second kappa shape index (κ2) is 4.49. The van der Waals surface area contributed by atoms with E-state index < -0.39 is 0 Å². The molecule has 0 saturated carbocycles. The van der Waals surface area contributed by atoms with Gasteiger partial charge < -0.3 is 4.42 Å². The minimum atomic E-state index is -0.167. The van der Waals surface area contributed by atoms with Gasteiger partial charge >= 0.3 is 0 Å². The summed E-state index contributed by atoms with van der Waals surface area (Å²) < 4.78 is 5.45. The van der Waals surface area contributed by atoms with Gasteiger partial charge in [-0.2, -0.15) is 0 Å². The van der Waals surface area contributed by atoms with E-state index in [-0.39, 0.29) is 5.91 Å². The fourth-order valence-electron chi connectivity index (χ4n) is 1.28. The topological polar surface area (TPSA) is 46.3 Å². The zero-order chi connectivity index (χ0) is 11.5. The number of carbonyl (C=O) groups is 1. The van der Waals surface area contributed by atoms with Gasteiger partial charge in [0, 0.05) is 13.2 Å². The van der Waals surface area contributed by atoms with Crippen molar-refractivity contribution in [3.63, 3.8) is 0 Å². The Balaban J connectivity index is 2.27. The van der Waals surface area contributed by atoms with Gasteiger partial charge in [0.05, 0.1) is 11.8 Å². The number of carbonyl (C=O) groups excluding carboxylic acids is 1. The highest BCUT2D eigenvalue weighted by Crippen LogP contribution is 2.20. The van der Waals surface area contributed by atoms with Crippen molar-refractivity contribution < 1.29 is 9.21 Å². The molecule has 2 rings (SSSR count). The zero-order valence-corrected chi connectivity index (χ0v) is 10.1. The summed E-state index contributed by atoms with van der Waals surface area (Å²) in [6.45, 7) is 0. The van der Waals surface area contributed by atoms with Gasteiger partial charge in [-0.15, -0.1) is 0 Å².